The van der Waals surface area contributed by atoms with Gasteiger partial charge in [-0.25, -0.2) is 8.42 Å². The van der Waals surface area contributed by atoms with E-state index < -0.39 is 16.1 Å². The number of nitrogens with zero attached hydrogens (tertiary/aromatic N) is 2. The zero-order valence-electron chi connectivity index (χ0n) is 16.7. The van der Waals surface area contributed by atoms with E-state index in [2.05, 4.69) is 26.0 Å². The number of anilines is 1. The van der Waals surface area contributed by atoms with E-state index in [-0.39, 0.29) is 16.6 Å². The molecule has 1 amide bonds. The van der Waals surface area contributed by atoms with Crippen LogP contribution in [0.15, 0.2) is 58.4 Å². The molecule has 2 aromatic carbocycles. The highest BCUT2D eigenvalue weighted by Crippen LogP contribution is 2.23. The molecule has 0 spiro atoms. The van der Waals surface area contributed by atoms with Gasteiger partial charge in [-0.15, -0.1) is 0 Å². The van der Waals surface area contributed by atoms with Gasteiger partial charge in [0.25, 0.3) is 10.0 Å². The molecule has 2 aliphatic rings. The molecular formula is C21H24N4O3S2. The molecule has 0 bridgehead atoms. The number of amidine groups is 1. The van der Waals surface area contributed by atoms with Crippen molar-refractivity contribution in [2.75, 3.05) is 29.9 Å². The number of fused-ring (bicyclic) bond motifs is 1. The van der Waals surface area contributed by atoms with Crippen molar-refractivity contribution in [3.05, 3.63) is 59.7 Å². The Morgan fingerprint density at radius 1 is 1.20 bits per heavy atom. The zero-order valence-corrected chi connectivity index (χ0v) is 18.3. The third kappa shape index (κ3) is 4.69. The summed E-state index contributed by atoms with van der Waals surface area (Å²) in [4.78, 5) is 19.6. The van der Waals surface area contributed by atoms with Crippen LogP contribution in [0.4, 0.5) is 5.69 Å². The second-order valence-electron chi connectivity index (χ2n) is 7.33. The van der Waals surface area contributed by atoms with Crippen LogP contribution < -0.4 is 10.0 Å². The summed E-state index contributed by atoms with van der Waals surface area (Å²) < 4.78 is 26.9. The Morgan fingerprint density at radius 2 is 1.97 bits per heavy atom. The van der Waals surface area contributed by atoms with Gasteiger partial charge in [0.1, 0.15) is 11.9 Å². The van der Waals surface area contributed by atoms with Gasteiger partial charge >= 0.3 is 0 Å². The zero-order chi connectivity index (χ0) is 21.1. The number of amides is 1. The first kappa shape index (κ1) is 20.9. The van der Waals surface area contributed by atoms with Crippen LogP contribution in [0.25, 0.3) is 0 Å². The molecule has 1 saturated heterocycles. The molecule has 1 atom stereocenters. The molecule has 0 saturated carbocycles. The van der Waals surface area contributed by atoms with Gasteiger partial charge in [-0.05, 0) is 36.8 Å². The normalized spacial score (nSPS) is 20.4. The number of carbonyl (C=O) groups excluding carboxylic acids is 1. The van der Waals surface area contributed by atoms with Crippen LogP contribution in [0.1, 0.15) is 18.1 Å². The molecular weight excluding hydrogens is 420 g/mol. The fraction of sp³-hybridized carbons (Fsp3) is 0.333. The number of aliphatic imine (C=N–C) groups is 1. The maximum Gasteiger partial charge on any atom is 0.263 e. The molecule has 1 fully saturated rings. The van der Waals surface area contributed by atoms with Crippen LogP contribution in [0, 0.1) is 0 Å². The second kappa shape index (κ2) is 8.79. The molecule has 2 N–H and O–H groups in total. The van der Waals surface area contributed by atoms with Crippen molar-refractivity contribution < 1.29 is 13.2 Å². The highest BCUT2D eigenvalue weighted by atomic mass is 32.2. The lowest BCUT2D eigenvalue weighted by Gasteiger charge is -2.26. The molecule has 158 valence electrons. The number of hydrogen-bond donors (Lipinski definition) is 2. The van der Waals surface area contributed by atoms with Crippen molar-refractivity contribution in [1.82, 2.24) is 9.62 Å². The lowest BCUT2D eigenvalue weighted by molar-refractivity contribution is -0.117. The Kier molecular flexibility index (Phi) is 6.12. The maximum atomic E-state index is 12.7. The van der Waals surface area contributed by atoms with Crippen molar-refractivity contribution in [3.63, 3.8) is 0 Å². The summed E-state index contributed by atoms with van der Waals surface area (Å²) in [5, 5.41) is 2.89. The van der Waals surface area contributed by atoms with Gasteiger partial charge in [0.05, 0.1) is 4.90 Å². The minimum Gasteiger partial charge on any atom is -0.324 e. The van der Waals surface area contributed by atoms with E-state index in [1.165, 1.54) is 6.07 Å². The van der Waals surface area contributed by atoms with Gasteiger partial charge in [-0.2, -0.15) is 11.8 Å². The fourth-order valence-corrected chi connectivity index (χ4v) is 5.71. The standard InChI is InChI=1S/C21H24N4O3S2/c1-15(22-20-18-7-2-3-8-19(18)30(27,28)24-20)21(26)23-17-6-4-5-16(13-17)14-25-9-11-29-12-10-25/h2-8,13,15H,9-12,14H2,1H3,(H,22,24)(H,23,26)/t15-/m0/s1. The minimum absolute atomic E-state index is 0.181. The Bertz CT molecular complexity index is 1080. The minimum atomic E-state index is -3.62. The molecule has 0 aliphatic carbocycles. The summed E-state index contributed by atoms with van der Waals surface area (Å²) in [6.07, 6.45) is 0. The van der Waals surface area contributed by atoms with E-state index in [0.29, 0.717) is 11.3 Å². The van der Waals surface area contributed by atoms with Gasteiger partial charge in [0.2, 0.25) is 5.91 Å². The molecule has 0 radical (unpaired) electrons. The van der Waals surface area contributed by atoms with Gasteiger partial charge < -0.3 is 5.32 Å². The predicted molar refractivity (Wildman–Crippen MR) is 120 cm³/mol. The van der Waals surface area contributed by atoms with Crippen LogP contribution in [-0.4, -0.2) is 55.7 Å². The average Bonchev–Trinajstić information content (AvgIpc) is 2.99. The number of carbonyl (C=O) groups is 1. The van der Waals surface area contributed by atoms with Crippen LogP contribution >= 0.6 is 11.8 Å². The fourth-order valence-electron chi connectivity index (χ4n) is 3.49. The molecule has 2 heterocycles. The van der Waals surface area contributed by atoms with Gasteiger partial charge in [0, 0.05) is 42.4 Å². The highest BCUT2D eigenvalue weighted by Gasteiger charge is 2.31. The average molecular weight is 445 g/mol. The smallest absolute Gasteiger partial charge is 0.263 e. The van der Waals surface area contributed by atoms with Crippen molar-refractivity contribution in [1.29, 1.82) is 0 Å². The van der Waals surface area contributed by atoms with E-state index >= 15 is 0 Å². The Balaban J connectivity index is 1.44. The van der Waals surface area contributed by atoms with Gasteiger partial charge in [-0.1, -0.05) is 24.3 Å². The third-order valence-corrected chi connectivity index (χ3v) is 7.41. The van der Waals surface area contributed by atoms with Crippen molar-refractivity contribution in [2.24, 2.45) is 4.99 Å². The third-order valence-electron chi connectivity index (χ3n) is 5.07. The predicted octanol–water partition coefficient (Wildman–Crippen LogP) is 2.30. The molecule has 30 heavy (non-hydrogen) atoms. The van der Waals surface area contributed by atoms with Gasteiger partial charge in [-0.3, -0.25) is 19.4 Å². The topological polar surface area (TPSA) is 90.9 Å². The number of rotatable bonds is 5. The largest absolute Gasteiger partial charge is 0.324 e. The second-order valence-corrected chi connectivity index (χ2v) is 10.2. The molecule has 9 heteroatoms. The van der Waals surface area contributed by atoms with E-state index in [1.807, 2.05) is 30.0 Å². The van der Waals surface area contributed by atoms with Crippen LogP contribution in [-0.2, 0) is 21.4 Å². The molecule has 4 rings (SSSR count). The van der Waals surface area contributed by atoms with Crippen molar-refractivity contribution in [3.8, 4) is 0 Å². The number of thioether (sulfide) groups is 1. The lowest BCUT2D eigenvalue weighted by Crippen LogP contribution is -2.32. The van der Waals surface area contributed by atoms with E-state index in [1.54, 1.807) is 25.1 Å². The molecule has 7 nitrogen and oxygen atoms in total. The summed E-state index contributed by atoms with van der Waals surface area (Å²) in [7, 11) is -3.62. The first-order valence-electron chi connectivity index (χ1n) is 9.82. The number of benzene rings is 2. The monoisotopic (exact) mass is 444 g/mol. The first-order valence-corrected chi connectivity index (χ1v) is 12.5. The Morgan fingerprint density at radius 3 is 2.77 bits per heavy atom. The van der Waals surface area contributed by atoms with Crippen molar-refractivity contribution in [2.45, 2.75) is 24.4 Å². The number of hydrogen-bond acceptors (Lipinski definition) is 6. The molecule has 0 aromatic heterocycles. The van der Waals surface area contributed by atoms with E-state index in [4.69, 9.17) is 0 Å². The number of nitrogens with one attached hydrogen (secondary N) is 2. The van der Waals surface area contributed by atoms with Gasteiger partial charge in [0.15, 0.2) is 0 Å². The van der Waals surface area contributed by atoms with Crippen LogP contribution in [0.3, 0.4) is 0 Å². The van der Waals surface area contributed by atoms with Crippen LogP contribution in [0.2, 0.25) is 0 Å². The quantitative estimate of drug-likeness (QED) is 0.739. The number of sulfonamides is 1. The van der Waals surface area contributed by atoms with E-state index in [0.717, 1.165) is 36.7 Å². The summed E-state index contributed by atoms with van der Waals surface area (Å²) in [5.41, 5.74) is 2.35. The Hall–Kier alpha value is -2.36. The summed E-state index contributed by atoms with van der Waals surface area (Å²) in [6, 6.07) is 13.7. The first-order chi connectivity index (χ1) is 14.4. The maximum absolute atomic E-state index is 12.7. The summed E-state index contributed by atoms with van der Waals surface area (Å²) >= 11 is 1.98. The highest BCUT2D eigenvalue weighted by molar-refractivity contribution is 7.99. The summed E-state index contributed by atoms with van der Waals surface area (Å²) in [6.45, 7) is 4.66. The molecule has 0 unspecified atom stereocenters. The SMILES string of the molecule is C[C@H](N=C1NS(=O)(=O)c2ccccc21)C(=O)Nc1cccc(CN2CCSCC2)c1. The van der Waals surface area contributed by atoms with Crippen molar-refractivity contribution >= 4 is 39.2 Å². The molecule has 2 aromatic rings. The summed E-state index contributed by atoms with van der Waals surface area (Å²) in [5.74, 6) is 2.21. The molecule has 2 aliphatic heterocycles. The van der Waals surface area contributed by atoms with Crippen LogP contribution in [0.5, 0.6) is 0 Å². The van der Waals surface area contributed by atoms with E-state index in [9.17, 15) is 13.2 Å². The Labute approximate surface area is 181 Å². The lowest BCUT2D eigenvalue weighted by atomic mass is 10.1.